The number of nitrogens with one attached hydrogen (secondary N) is 2. The van der Waals surface area contributed by atoms with E-state index in [0.29, 0.717) is 13.1 Å². The first-order valence-corrected chi connectivity index (χ1v) is 9.24. The van der Waals surface area contributed by atoms with E-state index in [0.717, 1.165) is 50.8 Å². The molecule has 1 aliphatic heterocycles. The lowest BCUT2D eigenvalue weighted by Gasteiger charge is -2.30. The van der Waals surface area contributed by atoms with Crippen LogP contribution in [0.1, 0.15) is 39.0 Å². The standard InChI is InChI=1S/C19H27F2N3O2/c1-2-3-4-9-22-19(26)14-7-10-24(11-8-14)13-18(25)23-15-5-6-16(20)17(21)12-15/h5-6,12,14H,2-4,7-11,13H2,1H3,(H,22,26)(H,23,25). The Labute approximate surface area is 153 Å². The maximum absolute atomic E-state index is 13.2. The van der Waals surface area contributed by atoms with Crippen molar-refractivity contribution in [2.24, 2.45) is 5.92 Å². The molecule has 1 saturated heterocycles. The van der Waals surface area contributed by atoms with Crippen LogP contribution in [0.5, 0.6) is 0 Å². The van der Waals surface area contributed by atoms with Gasteiger partial charge in [0.05, 0.1) is 6.54 Å². The van der Waals surface area contributed by atoms with Crippen LogP contribution in [0.4, 0.5) is 14.5 Å². The van der Waals surface area contributed by atoms with E-state index in [2.05, 4.69) is 17.6 Å². The number of piperidine rings is 1. The second-order valence-electron chi connectivity index (χ2n) is 6.73. The molecular weight excluding hydrogens is 340 g/mol. The number of nitrogens with zero attached hydrogens (tertiary/aromatic N) is 1. The number of carbonyl (C=O) groups is 2. The lowest BCUT2D eigenvalue weighted by Crippen LogP contribution is -2.43. The summed E-state index contributed by atoms with van der Waals surface area (Å²) in [5.74, 6) is -2.11. The van der Waals surface area contributed by atoms with Crippen molar-refractivity contribution in [2.45, 2.75) is 39.0 Å². The minimum atomic E-state index is -0.992. The molecule has 1 fully saturated rings. The first-order chi connectivity index (χ1) is 12.5. The minimum absolute atomic E-state index is 0.00197. The van der Waals surface area contributed by atoms with Crippen molar-refractivity contribution in [3.8, 4) is 0 Å². The molecule has 26 heavy (non-hydrogen) atoms. The zero-order chi connectivity index (χ0) is 18.9. The molecule has 2 rings (SSSR count). The summed E-state index contributed by atoms with van der Waals surface area (Å²) in [6.45, 7) is 4.35. The van der Waals surface area contributed by atoms with Crippen LogP contribution in [0.2, 0.25) is 0 Å². The highest BCUT2D eigenvalue weighted by molar-refractivity contribution is 5.92. The second-order valence-corrected chi connectivity index (χ2v) is 6.73. The maximum atomic E-state index is 13.2. The number of benzene rings is 1. The predicted molar refractivity (Wildman–Crippen MR) is 96.7 cm³/mol. The number of amides is 2. The molecule has 0 unspecified atom stereocenters. The van der Waals surface area contributed by atoms with E-state index >= 15 is 0 Å². The summed E-state index contributed by atoms with van der Waals surface area (Å²) in [7, 11) is 0. The van der Waals surface area contributed by atoms with E-state index in [1.165, 1.54) is 6.07 Å². The van der Waals surface area contributed by atoms with Crippen LogP contribution in [0, 0.1) is 17.6 Å². The number of rotatable bonds is 8. The molecule has 0 atom stereocenters. The topological polar surface area (TPSA) is 61.4 Å². The van der Waals surface area contributed by atoms with Crippen molar-refractivity contribution in [1.82, 2.24) is 10.2 Å². The third kappa shape index (κ3) is 6.37. The van der Waals surface area contributed by atoms with Gasteiger partial charge >= 0.3 is 0 Å². The fourth-order valence-electron chi connectivity index (χ4n) is 3.06. The zero-order valence-corrected chi connectivity index (χ0v) is 15.2. The summed E-state index contributed by atoms with van der Waals surface area (Å²) >= 11 is 0. The lowest BCUT2D eigenvalue weighted by molar-refractivity contribution is -0.126. The van der Waals surface area contributed by atoms with Gasteiger partial charge in [-0.25, -0.2) is 8.78 Å². The van der Waals surface area contributed by atoms with Gasteiger partial charge in [-0.15, -0.1) is 0 Å². The largest absolute Gasteiger partial charge is 0.356 e. The smallest absolute Gasteiger partial charge is 0.238 e. The molecule has 1 aliphatic rings. The normalized spacial score (nSPS) is 15.7. The fraction of sp³-hybridized carbons (Fsp3) is 0.579. The summed E-state index contributed by atoms with van der Waals surface area (Å²) in [5.41, 5.74) is 0.232. The fourth-order valence-corrected chi connectivity index (χ4v) is 3.06. The maximum Gasteiger partial charge on any atom is 0.238 e. The summed E-state index contributed by atoms with van der Waals surface area (Å²) in [5, 5.41) is 5.55. The molecule has 2 amide bonds. The van der Waals surface area contributed by atoms with Gasteiger partial charge in [0.15, 0.2) is 11.6 Å². The Morgan fingerprint density at radius 3 is 2.54 bits per heavy atom. The molecule has 1 aromatic carbocycles. The number of hydrogen-bond donors (Lipinski definition) is 2. The average Bonchev–Trinajstić information content (AvgIpc) is 2.62. The third-order valence-electron chi connectivity index (χ3n) is 4.61. The molecule has 2 N–H and O–H groups in total. The summed E-state index contributed by atoms with van der Waals surface area (Å²) in [6, 6.07) is 3.27. The Hall–Kier alpha value is -2.02. The van der Waals surface area contributed by atoms with Gasteiger partial charge in [0, 0.05) is 24.2 Å². The second kappa shape index (κ2) is 10.2. The van der Waals surface area contributed by atoms with Gasteiger partial charge in [-0.3, -0.25) is 14.5 Å². The monoisotopic (exact) mass is 367 g/mol. The number of anilines is 1. The van der Waals surface area contributed by atoms with Gasteiger partial charge in [-0.05, 0) is 44.5 Å². The van der Waals surface area contributed by atoms with E-state index in [4.69, 9.17) is 0 Å². The quantitative estimate of drug-likeness (QED) is 0.695. The lowest BCUT2D eigenvalue weighted by atomic mass is 9.96. The van der Waals surface area contributed by atoms with Crippen LogP contribution in [0.15, 0.2) is 18.2 Å². The molecule has 0 spiro atoms. The Morgan fingerprint density at radius 2 is 1.88 bits per heavy atom. The molecular formula is C19H27F2N3O2. The number of hydrogen-bond acceptors (Lipinski definition) is 3. The van der Waals surface area contributed by atoms with Gasteiger partial charge in [-0.2, -0.15) is 0 Å². The van der Waals surface area contributed by atoms with Crippen molar-refractivity contribution in [2.75, 3.05) is 31.5 Å². The van der Waals surface area contributed by atoms with Gasteiger partial charge in [0.25, 0.3) is 0 Å². The van der Waals surface area contributed by atoms with Crippen LogP contribution in [-0.4, -0.2) is 42.9 Å². The summed E-state index contributed by atoms with van der Waals surface area (Å²) in [4.78, 5) is 26.1. The van der Waals surface area contributed by atoms with Crippen LogP contribution >= 0.6 is 0 Å². The van der Waals surface area contributed by atoms with Gasteiger partial charge in [0.1, 0.15) is 0 Å². The molecule has 0 saturated carbocycles. The first-order valence-electron chi connectivity index (χ1n) is 9.24. The van der Waals surface area contributed by atoms with E-state index < -0.39 is 11.6 Å². The Morgan fingerprint density at radius 1 is 1.15 bits per heavy atom. The van der Waals surface area contributed by atoms with Gasteiger partial charge in [-0.1, -0.05) is 19.8 Å². The SMILES string of the molecule is CCCCCNC(=O)C1CCN(CC(=O)Nc2ccc(F)c(F)c2)CC1. The number of carbonyl (C=O) groups excluding carboxylic acids is 2. The van der Waals surface area contributed by atoms with Gasteiger partial charge in [0.2, 0.25) is 11.8 Å². The molecule has 7 heteroatoms. The molecule has 1 heterocycles. The van der Waals surface area contributed by atoms with Crippen molar-refractivity contribution in [3.05, 3.63) is 29.8 Å². The molecule has 0 radical (unpaired) electrons. The van der Waals surface area contributed by atoms with E-state index in [-0.39, 0.29) is 30.0 Å². The molecule has 5 nitrogen and oxygen atoms in total. The van der Waals surface area contributed by atoms with Crippen molar-refractivity contribution in [3.63, 3.8) is 0 Å². The van der Waals surface area contributed by atoms with Crippen LogP contribution < -0.4 is 10.6 Å². The Kier molecular flexibility index (Phi) is 7.97. The van der Waals surface area contributed by atoms with E-state index in [1.54, 1.807) is 0 Å². The van der Waals surface area contributed by atoms with Gasteiger partial charge < -0.3 is 10.6 Å². The third-order valence-corrected chi connectivity index (χ3v) is 4.61. The van der Waals surface area contributed by atoms with Crippen molar-refractivity contribution >= 4 is 17.5 Å². The van der Waals surface area contributed by atoms with E-state index in [9.17, 15) is 18.4 Å². The zero-order valence-electron chi connectivity index (χ0n) is 15.2. The number of unbranched alkanes of at least 4 members (excludes halogenated alkanes) is 2. The van der Waals surface area contributed by atoms with E-state index in [1.807, 2.05) is 4.90 Å². The highest BCUT2D eigenvalue weighted by atomic mass is 19.2. The average molecular weight is 367 g/mol. The van der Waals surface area contributed by atoms with Crippen LogP contribution in [0.25, 0.3) is 0 Å². The molecule has 0 aromatic heterocycles. The van der Waals surface area contributed by atoms with Crippen molar-refractivity contribution < 1.29 is 18.4 Å². The van der Waals surface area contributed by atoms with Crippen LogP contribution in [0.3, 0.4) is 0 Å². The van der Waals surface area contributed by atoms with Crippen LogP contribution in [-0.2, 0) is 9.59 Å². The van der Waals surface area contributed by atoms with Crippen molar-refractivity contribution in [1.29, 1.82) is 0 Å². The number of halogens is 2. The summed E-state index contributed by atoms with van der Waals surface area (Å²) < 4.78 is 26.1. The highest BCUT2D eigenvalue weighted by Crippen LogP contribution is 2.18. The molecule has 0 aliphatic carbocycles. The number of likely N-dealkylation sites (tertiary alicyclic amines) is 1. The Balaban J connectivity index is 1.70. The molecule has 144 valence electrons. The molecule has 1 aromatic rings. The molecule has 0 bridgehead atoms. The minimum Gasteiger partial charge on any atom is -0.356 e. The Bertz CT molecular complexity index is 617. The highest BCUT2D eigenvalue weighted by Gasteiger charge is 2.25. The predicted octanol–water partition coefficient (Wildman–Crippen LogP) is 2.92. The summed E-state index contributed by atoms with van der Waals surface area (Å²) in [6.07, 6.45) is 4.69. The first kappa shape index (κ1) is 20.3.